The van der Waals surface area contributed by atoms with E-state index in [0.717, 1.165) is 5.96 Å². The van der Waals surface area contributed by atoms with E-state index in [1.54, 1.807) is 0 Å². The fourth-order valence-corrected chi connectivity index (χ4v) is 1.61. The number of hydrogen-bond donors (Lipinski definition) is 0. The van der Waals surface area contributed by atoms with Gasteiger partial charge in [0, 0.05) is 28.2 Å². The van der Waals surface area contributed by atoms with Crippen molar-refractivity contribution in [3.05, 3.63) is 35.9 Å². The van der Waals surface area contributed by atoms with Gasteiger partial charge >= 0.3 is 0 Å². The molecule has 3 heteroatoms. The van der Waals surface area contributed by atoms with Crippen LogP contribution in [-0.4, -0.2) is 44.0 Å². The zero-order valence-corrected chi connectivity index (χ0v) is 10.8. The topological polar surface area (TPSA) is 18.8 Å². The van der Waals surface area contributed by atoms with E-state index < -0.39 is 0 Å². The summed E-state index contributed by atoms with van der Waals surface area (Å²) in [6.45, 7) is 2.11. The summed E-state index contributed by atoms with van der Waals surface area (Å²) in [4.78, 5) is 8.77. The van der Waals surface area contributed by atoms with Crippen molar-refractivity contribution in [2.75, 3.05) is 28.2 Å². The van der Waals surface area contributed by atoms with Gasteiger partial charge in [-0.2, -0.15) is 0 Å². The van der Waals surface area contributed by atoms with Crippen molar-refractivity contribution < 1.29 is 0 Å². The van der Waals surface area contributed by atoms with Gasteiger partial charge in [0.1, 0.15) is 0 Å². The van der Waals surface area contributed by atoms with Crippen molar-refractivity contribution in [3.63, 3.8) is 0 Å². The normalized spacial score (nSPS) is 11.8. The Morgan fingerprint density at radius 2 is 1.50 bits per heavy atom. The monoisotopic (exact) mass is 219 g/mol. The first-order chi connectivity index (χ1) is 7.52. The van der Waals surface area contributed by atoms with E-state index in [2.05, 4.69) is 19.1 Å². The molecule has 0 aliphatic carbocycles. The summed E-state index contributed by atoms with van der Waals surface area (Å²) < 4.78 is 0. The average molecular weight is 219 g/mol. The van der Waals surface area contributed by atoms with Crippen molar-refractivity contribution in [3.8, 4) is 0 Å². The first-order valence-electron chi connectivity index (χ1n) is 5.49. The molecule has 0 amide bonds. The molecule has 3 nitrogen and oxygen atoms in total. The van der Waals surface area contributed by atoms with Gasteiger partial charge in [0.05, 0.1) is 6.04 Å². The number of benzene rings is 1. The lowest BCUT2D eigenvalue weighted by Gasteiger charge is -2.24. The largest absolute Gasteiger partial charge is 0.349 e. The summed E-state index contributed by atoms with van der Waals surface area (Å²) in [5, 5.41) is 0. The van der Waals surface area contributed by atoms with Gasteiger partial charge in [0.25, 0.3) is 0 Å². The van der Waals surface area contributed by atoms with E-state index in [4.69, 9.17) is 4.99 Å². The Hall–Kier alpha value is -1.51. The molecule has 0 aromatic heterocycles. The Morgan fingerprint density at radius 1 is 1.00 bits per heavy atom. The van der Waals surface area contributed by atoms with Crippen LogP contribution in [0.25, 0.3) is 0 Å². The highest BCUT2D eigenvalue weighted by Crippen LogP contribution is 2.16. The van der Waals surface area contributed by atoms with Gasteiger partial charge in [-0.3, -0.25) is 0 Å². The second-order valence-electron chi connectivity index (χ2n) is 4.30. The summed E-state index contributed by atoms with van der Waals surface area (Å²) in [6, 6.07) is 10.5. The van der Waals surface area contributed by atoms with Crippen LogP contribution in [0, 0.1) is 0 Å². The molecule has 0 saturated heterocycles. The Balaban J connectivity index is 2.89. The van der Waals surface area contributed by atoms with Crippen LogP contribution in [0.4, 0.5) is 0 Å². The van der Waals surface area contributed by atoms with E-state index in [1.165, 1.54) is 5.56 Å². The first kappa shape index (κ1) is 12.6. The molecule has 0 spiro atoms. The van der Waals surface area contributed by atoms with E-state index in [9.17, 15) is 0 Å². The summed E-state index contributed by atoms with van der Waals surface area (Å²) in [7, 11) is 8.04. The van der Waals surface area contributed by atoms with E-state index in [-0.39, 0.29) is 6.04 Å². The van der Waals surface area contributed by atoms with Crippen molar-refractivity contribution in [2.24, 2.45) is 4.99 Å². The van der Waals surface area contributed by atoms with E-state index in [1.807, 2.05) is 56.2 Å². The molecule has 1 rings (SSSR count). The SMILES string of the molecule is C[C@@H](N=C(N(C)C)N(C)C)c1ccccc1. The van der Waals surface area contributed by atoms with Crippen molar-refractivity contribution in [1.82, 2.24) is 9.80 Å². The summed E-state index contributed by atoms with van der Waals surface area (Å²) in [6.07, 6.45) is 0. The molecule has 1 aromatic carbocycles. The van der Waals surface area contributed by atoms with Gasteiger partial charge in [0.15, 0.2) is 5.96 Å². The van der Waals surface area contributed by atoms with Crippen LogP contribution in [0.3, 0.4) is 0 Å². The fourth-order valence-electron chi connectivity index (χ4n) is 1.61. The van der Waals surface area contributed by atoms with Gasteiger partial charge < -0.3 is 9.80 Å². The lowest BCUT2D eigenvalue weighted by molar-refractivity contribution is 0.474. The molecule has 88 valence electrons. The highest BCUT2D eigenvalue weighted by Gasteiger charge is 2.08. The Morgan fingerprint density at radius 3 is 1.94 bits per heavy atom. The molecule has 0 N–H and O–H groups in total. The molecule has 1 aromatic rings. The van der Waals surface area contributed by atoms with Gasteiger partial charge in [-0.25, -0.2) is 4.99 Å². The molecular formula is C13H21N3. The molecule has 0 radical (unpaired) electrons. The molecule has 0 aliphatic rings. The Kier molecular flexibility index (Phi) is 4.35. The zero-order valence-electron chi connectivity index (χ0n) is 10.8. The maximum atomic E-state index is 4.71. The smallest absolute Gasteiger partial charge is 0.196 e. The predicted octanol–water partition coefficient (Wildman–Crippen LogP) is 2.23. The van der Waals surface area contributed by atoms with Crippen LogP contribution in [0.2, 0.25) is 0 Å². The number of guanidine groups is 1. The first-order valence-corrected chi connectivity index (χ1v) is 5.49. The maximum Gasteiger partial charge on any atom is 0.196 e. The third kappa shape index (κ3) is 3.26. The summed E-state index contributed by atoms with van der Waals surface area (Å²) >= 11 is 0. The number of aliphatic imine (C=N–C) groups is 1. The molecule has 16 heavy (non-hydrogen) atoms. The Bertz CT molecular complexity index is 331. The van der Waals surface area contributed by atoms with Gasteiger partial charge in [0.2, 0.25) is 0 Å². The van der Waals surface area contributed by atoms with E-state index in [0.29, 0.717) is 0 Å². The second-order valence-corrected chi connectivity index (χ2v) is 4.30. The number of nitrogens with zero attached hydrogens (tertiary/aromatic N) is 3. The quantitative estimate of drug-likeness (QED) is 0.561. The third-order valence-corrected chi connectivity index (χ3v) is 2.39. The summed E-state index contributed by atoms with van der Waals surface area (Å²) in [5.74, 6) is 0.983. The lowest BCUT2D eigenvalue weighted by Crippen LogP contribution is -2.35. The molecule has 0 saturated carbocycles. The maximum absolute atomic E-state index is 4.71. The molecule has 0 bridgehead atoms. The fraction of sp³-hybridized carbons (Fsp3) is 0.462. The van der Waals surface area contributed by atoms with Crippen LogP contribution in [-0.2, 0) is 0 Å². The average Bonchev–Trinajstić information content (AvgIpc) is 2.25. The van der Waals surface area contributed by atoms with E-state index >= 15 is 0 Å². The molecule has 1 atom stereocenters. The van der Waals surface area contributed by atoms with Crippen molar-refractivity contribution >= 4 is 5.96 Å². The molecule has 0 unspecified atom stereocenters. The van der Waals surface area contributed by atoms with Crippen LogP contribution in [0.1, 0.15) is 18.5 Å². The minimum absolute atomic E-state index is 0.181. The molecule has 0 fully saturated rings. The number of rotatable bonds is 2. The Labute approximate surface area is 98.4 Å². The second kappa shape index (κ2) is 5.54. The van der Waals surface area contributed by atoms with Gasteiger partial charge in [-0.15, -0.1) is 0 Å². The highest BCUT2D eigenvalue weighted by molar-refractivity contribution is 5.79. The van der Waals surface area contributed by atoms with Crippen LogP contribution >= 0.6 is 0 Å². The van der Waals surface area contributed by atoms with Crippen molar-refractivity contribution in [1.29, 1.82) is 0 Å². The van der Waals surface area contributed by atoms with Gasteiger partial charge in [-0.1, -0.05) is 30.3 Å². The van der Waals surface area contributed by atoms with Gasteiger partial charge in [-0.05, 0) is 12.5 Å². The molecule has 0 heterocycles. The van der Waals surface area contributed by atoms with Crippen LogP contribution in [0.5, 0.6) is 0 Å². The summed E-state index contributed by atoms with van der Waals surface area (Å²) in [5.41, 5.74) is 1.24. The number of hydrogen-bond acceptors (Lipinski definition) is 1. The van der Waals surface area contributed by atoms with Crippen LogP contribution < -0.4 is 0 Å². The lowest BCUT2D eigenvalue weighted by atomic mass is 10.1. The minimum atomic E-state index is 0.181. The molecular weight excluding hydrogens is 198 g/mol. The predicted molar refractivity (Wildman–Crippen MR) is 69.7 cm³/mol. The molecule has 0 aliphatic heterocycles. The standard InChI is InChI=1S/C13H21N3/c1-11(12-9-7-6-8-10-12)14-13(15(2)3)16(4)5/h6-11H,1-5H3/t11-/m1/s1. The third-order valence-electron chi connectivity index (χ3n) is 2.39. The minimum Gasteiger partial charge on any atom is -0.349 e. The van der Waals surface area contributed by atoms with Crippen molar-refractivity contribution in [2.45, 2.75) is 13.0 Å². The van der Waals surface area contributed by atoms with Crippen LogP contribution in [0.15, 0.2) is 35.3 Å². The zero-order chi connectivity index (χ0) is 12.1. The highest BCUT2D eigenvalue weighted by atomic mass is 15.3.